The van der Waals surface area contributed by atoms with E-state index < -0.39 is 8.80 Å². The van der Waals surface area contributed by atoms with Gasteiger partial charge in [-0.3, -0.25) is 0 Å². The molecule has 6 rings (SSSR count). The smallest absolute Gasteiger partial charge is 0.0654 e. The Hall–Kier alpha value is -3.42. The monoisotopic (exact) mass is 566 g/mol. The summed E-state index contributed by atoms with van der Waals surface area (Å²) in [6, 6.07) is 37.5. The molecule has 0 heterocycles. The van der Waals surface area contributed by atoms with Crippen LogP contribution in [0.25, 0.3) is 22.5 Å². The van der Waals surface area contributed by atoms with Crippen molar-refractivity contribution in [1.82, 2.24) is 0 Å². The van der Waals surface area contributed by atoms with Crippen molar-refractivity contribution in [2.24, 2.45) is 0 Å². The highest BCUT2D eigenvalue weighted by Gasteiger charge is 2.43. The molecule has 0 spiro atoms. The fourth-order valence-electron chi connectivity index (χ4n) is 7.86. The van der Waals surface area contributed by atoms with Crippen LogP contribution in [0.15, 0.2) is 97.1 Å². The largest absolute Gasteiger partial charge is 0.0943 e. The van der Waals surface area contributed by atoms with Crippen molar-refractivity contribution in [2.75, 3.05) is 0 Å². The van der Waals surface area contributed by atoms with Gasteiger partial charge in [0, 0.05) is 10.8 Å². The van der Waals surface area contributed by atoms with E-state index in [1.165, 1.54) is 81.7 Å². The molecule has 2 atom stereocenters. The van der Waals surface area contributed by atoms with Crippen LogP contribution in [0.3, 0.4) is 0 Å². The second-order valence-electron chi connectivity index (χ2n) is 13.0. The van der Waals surface area contributed by atoms with Crippen molar-refractivity contribution in [3.63, 3.8) is 0 Å². The molecule has 0 nitrogen and oxygen atoms in total. The highest BCUT2D eigenvalue weighted by molar-refractivity contribution is 6.92. The number of aryl methyl sites for hydroxylation is 2. The van der Waals surface area contributed by atoms with Crippen LogP contribution in [0.2, 0.25) is 6.55 Å². The lowest BCUT2D eigenvalue weighted by Gasteiger charge is -2.37. The van der Waals surface area contributed by atoms with Crippen molar-refractivity contribution in [3.8, 4) is 0 Å². The minimum Gasteiger partial charge on any atom is -0.0654 e. The third kappa shape index (κ3) is 4.96. The van der Waals surface area contributed by atoms with Gasteiger partial charge in [-0.05, 0) is 82.7 Å². The SMILES string of the molecule is CCCCc1ccc(C2(C)C=c3ccccc3=C2[SiH](C)C2=c3ccccc3=CC2(C)c2ccc(CCCC)cc2)cc1. The second-order valence-corrected chi connectivity index (χ2v) is 15.6. The zero-order valence-corrected chi connectivity index (χ0v) is 27.4. The molecule has 0 aromatic heterocycles. The van der Waals surface area contributed by atoms with E-state index >= 15 is 0 Å². The van der Waals surface area contributed by atoms with Gasteiger partial charge >= 0.3 is 0 Å². The van der Waals surface area contributed by atoms with Crippen LogP contribution >= 0.6 is 0 Å². The summed E-state index contributed by atoms with van der Waals surface area (Å²) < 4.78 is 0. The molecule has 0 aliphatic heterocycles. The Labute approximate surface area is 254 Å². The van der Waals surface area contributed by atoms with Crippen LogP contribution in [0, 0.1) is 0 Å². The summed E-state index contributed by atoms with van der Waals surface area (Å²) in [7, 11) is -1.66. The van der Waals surface area contributed by atoms with Crippen LogP contribution in [0.5, 0.6) is 0 Å². The first kappa shape index (κ1) is 28.7. The van der Waals surface area contributed by atoms with Crippen LogP contribution in [0.1, 0.15) is 75.6 Å². The first-order valence-electron chi connectivity index (χ1n) is 16.2. The van der Waals surface area contributed by atoms with E-state index in [-0.39, 0.29) is 10.8 Å². The van der Waals surface area contributed by atoms with Crippen molar-refractivity contribution < 1.29 is 0 Å². The Morgan fingerprint density at radius 1 is 0.524 bits per heavy atom. The minimum absolute atomic E-state index is 0.117. The molecule has 0 radical (unpaired) electrons. The fraction of sp³-hybridized carbons (Fsp3) is 0.317. The van der Waals surface area contributed by atoms with E-state index in [9.17, 15) is 0 Å². The first-order valence-corrected chi connectivity index (χ1v) is 18.5. The fourth-order valence-corrected chi connectivity index (χ4v) is 11.9. The second kappa shape index (κ2) is 11.7. The highest BCUT2D eigenvalue weighted by atomic mass is 28.3. The molecule has 2 aliphatic carbocycles. The van der Waals surface area contributed by atoms with E-state index in [2.05, 4.69) is 143 Å². The zero-order chi connectivity index (χ0) is 29.3. The Morgan fingerprint density at radius 2 is 0.905 bits per heavy atom. The van der Waals surface area contributed by atoms with E-state index in [0.717, 1.165) is 0 Å². The lowest BCUT2D eigenvalue weighted by Crippen LogP contribution is -2.40. The molecule has 214 valence electrons. The summed E-state index contributed by atoms with van der Waals surface area (Å²) in [5.41, 5.74) is 5.52. The Balaban J connectivity index is 1.51. The predicted octanol–water partition coefficient (Wildman–Crippen LogP) is 6.81. The summed E-state index contributed by atoms with van der Waals surface area (Å²) >= 11 is 0. The molecule has 2 aliphatic rings. The average Bonchev–Trinajstić information content (AvgIpc) is 3.50. The molecule has 42 heavy (non-hydrogen) atoms. The van der Waals surface area contributed by atoms with E-state index in [1.54, 1.807) is 10.4 Å². The molecule has 0 N–H and O–H groups in total. The third-order valence-electron chi connectivity index (χ3n) is 10.1. The van der Waals surface area contributed by atoms with Gasteiger partial charge in [0.1, 0.15) is 0 Å². The third-order valence-corrected chi connectivity index (χ3v) is 13.7. The van der Waals surface area contributed by atoms with Gasteiger partial charge in [-0.25, -0.2) is 0 Å². The molecular weight excluding hydrogens is 521 g/mol. The Morgan fingerprint density at radius 3 is 1.29 bits per heavy atom. The number of hydrogen-bond acceptors (Lipinski definition) is 0. The number of unbranched alkanes of at least 4 members (excludes halogenated alkanes) is 2. The molecular formula is C41H46Si. The van der Waals surface area contributed by atoms with Crippen LogP contribution < -0.4 is 20.9 Å². The molecule has 0 bridgehead atoms. The maximum Gasteiger partial charge on any atom is 0.0943 e. The highest BCUT2D eigenvalue weighted by Crippen LogP contribution is 2.45. The normalized spacial score (nSPS) is 21.5. The topological polar surface area (TPSA) is 0 Å². The molecule has 4 aromatic carbocycles. The van der Waals surface area contributed by atoms with Gasteiger partial charge in [-0.1, -0.05) is 153 Å². The molecule has 0 fully saturated rings. The zero-order valence-electron chi connectivity index (χ0n) is 26.2. The van der Waals surface area contributed by atoms with Gasteiger partial charge < -0.3 is 0 Å². The van der Waals surface area contributed by atoms with Gasteiger partial charge in [0.05, 0.1) is 8.80 Å². The standard InChI is InChI=1S/C41H46Si/c1-6-8-14-30-20-24-34(25-21-30)40(3)28-32-16-10-12-18-36(32)38(40)42(5)39-37-19-13-11-17-33(37)29-41(39,4)35-26-22-31(23-27-35)15-9-7-2/h10-13,16-29,42H,6-9,14-15H2,1-5H3. The predicted molar refractivity (Wildman–Crippen MR) is 185 cm³/mol. The van der Waals surface area contributed by atoms with E-state index in [0.29, 0.717) is 0 Å². The summed E-state index contributed by atoms with van der Waals surface area (Å²) in [5.74, 6) is 0. The summed E-state index contributed by atoms with van der Waals surface area (Å²) in [6.07, 6.45) is 12.4. The van der Waals surface area contributed by atoms with Gasteiger partial charge in [0.15, 0.2) is 0 Å². The first-order chi connectivity index (χ1) is 20.4. The number of rotatable bonds is 10. The lowest BCUT2D eigenvalue weighted by atomic mass is 9.82. The number of hydrogen-bond donors (Lipinski definition) is 0. The van der Waals surface area contributed by atoms with Crippen molar-refractivity contribution in [3.05, 3.63) is 140 Å². The van der Waals surface area contributed by atoms with Crippen LogP contribution in [0.4, 0.5) is 0 Å². The molecule has 2 unspecified atom stereocenters. The van der Waals surface area contributed by atoms with Crippen molar-refractivity contribution in [1.29, 1.82) is 0 Å². The van der Waals surface area contributed by atoms with Gasteiger partial charge in [0.2, 0.25) is 0 Å². The maximum absolute atomic E-state index is 2.61. The summed E-state index contributed by atoms with van der Waals surface area (Å²) in [4.78, 5) is 0. The minimum atomic E-state index is -1.66. The number of benzene rings is 4. The van der Waals surface area contributed by atoms with Crippen LogP contribution in [-0.4, -0.2) is 8.80 Å². The van der Waals surface area contributed by atoms with Crippen molar-refractivity contribution in [2.45, 2.75) is 83.6 Å². The molecule has 1 heteroatoms. The molecule has 0 saturated carbocycles. The van der Waals surface area contributed by atoms with Gasteiger partial charge in [-0.2, -0.15) is 0 Å². The van der Waals surface area contributed by atoms with Gasteiger partial charge in [0.25, 0.3) is 0 Å². The summed E-state index contributed by atoms with van der Waals surface area (Å²) in [5, 5.41) is 9.02. The molecule has 0 amide bonds. The molecule has 0 saturated heterocycles. The van der Waals surface area contributed by atoms with Gasteiger partial charge in [-0.15, -0.1) is 0 Å². The number of fused-ring (bicyclic) bond motifs is 2. The van der Waals surface area contributed by atoms with E-state index in [4.69, 9.17) is 0 Å². The maximum atomic E-state index is 2.61. The van der Waals surface area contributed by atoms with Crippen molar-refractivity contribution >= 4 is 31.3 Å². The summed E-state index contributed by atoms with van der Waals surface area (Å²) in [6.45, 7) is 12.1. The Bertz CT molecular complexity index is 1690. The Kier molecular flexibility index (Phi) is 7.98. The molecule has 4 aromatic rings. The quantitative estimate of drug-likeness (QED) is 0.185. The van der Waals surface area contributed by atoms with Crippen LogP contribution in [-0.2, 0) is 23.7 Å². The average molecular weight is 567 g/mol. The van der Waals surface area contributed by atoms with E-state index in [1.807, 2.05) is 0 Å². The lowest BCUT2D eigenvalue weighted by molar-refractivity contribution is 0.791.